The third kappa shape index (κ3) is 4.05. The van der Waals surface area contributed by atoms with Crippen LogP contribution in [0.2, 0.25) is 0 Å². The van der Waals surface area contributed by atoms with E-state index in [-0.39, 0.29) is 5.91 Å². The lowest BCUT2D eigenvalue weighted by molar-refractivity contribution is -0.132. The van der Waals surface area contributed by atoms with Crippen LogP contribution >= 0.6 is 0 Å². The average Bonchev–Trinajstić information content (AvgIpc) is 3.50. The Morgan fingerprint density at radius 1 is 1.06 bits per heavy atom. The number of amides is 1. The molecule has 0 saturated carbocycles. The van der Waals surface area contributed by atoms with Crippen molar-refractivity contribution in [2.45, 2.75) is 32.2 Å². The minimum Gasteiger partial charge on any atom is -0.497 e. The third-order valence-electron chi connectivity index (χ3n) is 5.78. The summed E-state index contributed by atoms with van der Waals surface area (Å²) in [5.41, 5.74) is 3.20. The van der Waals surface area contributed by atoms with Gasteiger partial charge in [0.05, 0.1) is 19.2 Å². The van der Waals surface area contributed by atoms with Crippen molar-refractivity contribution in [1.82, 2.24) is 30.0 Å². The maximum Gasteiger partial charge on any atom is 0.258 e. The summed E-state index contributed by atoms with van der Waals surface area (Å²) >= 11 is 0. The van der Waals surface area contributed by atoms with Crippen LogP contribution in [0, 0.1) is 0 Å². The van der Waals surface area contributed by atoms with Gasteiger partial charge in [-0.15, -0.1) is 5.10 Å². The number of carbonyl (C=O) groups is 1. The Balaban J connectivity index is 1.30. The zero-order valence-corrected chi connectivity index (χ0v) is 17.9. The normalized spacial score (nSPS) is 14.1. The lowest BCUT2D eigenvalue weighted by Crippen LogP contribution is -2.36. The molecule has 1 aliphatic rings. The van der Waals surface area contributed by atoms with Crippen LogP contribution in [0.1, 0.15) is 25.7 Å². The molecule has 1 saturated heterocycles. The van der Waals surface area contributed by atoms with Crippen molar-refractivity contribution in [3.63, 3.8) is 0 Å². The van der Waals surface area contributed by atoms with Crippen molar-refractivity contribution in [1.29, 1.82) is 0 Å². The highest BCUT2D eigenvalue weighted by atomic mass is 16.5. The summed E-state index contributed by atoms with van der Waals surface area (Å²) < 4.78 is 12.4. The molecule has 0 N–H and O–H groups in total. The van der Waals surface area contributed by atoms with Crippen molar-refractivity contribution in [2.24, 2.45) is 0 Å². The second kappa shape index (κ2) is 8.78. The van der Waals surface area contributed by atoms with Crippen LogP contribution < -0.4 is 4.74 Å². The summed E-state index contributed by atoms with van der Waals surface area (Å²) in [4.78, 5) is 18.9. The molecular weight excluding hydrogens is 408 g/mol. The topological polar surface area (TPSA) is 99.2 Å². The van der Waals surface area contributed by atoms with Crippen molar-refractivity contribution in [3.8, 4) is 28.6 Å². The molecular formula is C23H24N6O3. The zero-order valence-electron chi connectivity index (χ0n) is 17.9. The van der Waals surface area contributed by atoms with E-state index < -0.39 is 0 Å². The van der Waals surface area contributed by atoms with E-state index in [2.05, 4.69) is 20.5 Å². The quantitative estimate of drug-likeness (QED) is 0.459. The first-order valence-electron chi connectivity index (χ1n) is 10.8. The standard InChI is InChI=1S/C23H24N6O3/c1-31-18-8-5-16(6-9-18)23-24-22(26-32-23)17-7-10-20-19(15-17)25-27-29(20)14-11-21(30)28-12-3-2-4-13-28/h5-10,15H,2-4,11-14H2,1H3. The summed E-state index contributed by atoms with van der Waals surface area (Å²) in [6.45, 7) is 2.24. The van der Waals surface area contributed by atoms with Gasteiger partial charge in [0.25, 0.3) is 5.89 Å². The van der Waals surface area contributed by atoms with E-state index >= 15 is 0 Å². The number of hydrogen-bond acceptors (Lipinski definition) is 7. The number of ether oxygens (including phenoxy) is 1. The molecule has 0 radical (unpaired) electrons. The van der Waals surface area contributed by atoms with Gasteiger partial charge in [-0.2, -0.15) is 4.98 Å². The molecule has 2 aromatic carbocycles. The van der Waals surface area contributed by atoms with Crippen molar-refractivity contribution in [2.75, 3.05) is 20.2 Å². The Morgan fingerprint density at radius 3 is 2.62 bits per heavy atom. The fraction of sp³-hybridized carbons (Fsp3) is 0.348. The minimum atomic E-state index is 0.183. The second-order valence-electron chi connectivity index (χ2n) is 7.86. The Hall–Kier alpha value is -3.75. The summed E-state index contributed by atoms with van der Waals surface area (Å²) in [5, 5.41) is 12.6. The number of hydrogen-bond donors (Lipinski definition) is 0. The smallest absolute Gasteiger partial charge is 0.258 e. The molecule has 5 rings (SSSR count). The maximum absolute atomic E-state index is 12.5. The van der Waals surface area contributed by atoms with Gasteiger partial charge in [0.2, 0.25) is 11.7 Å². The summed E-state index contributed by atoms with van der Waals surface area (Å²) in [6.07, 6.45) is 3.83. The molecule has 1 amide bonds. The van der Waals surface area contributed by atoms with E-state index in [0.29, 0.717) is 24.7 Å². The van der Waals surface area contributed by atoms with Crippen LogP contribution in [0.5, 0.6) is 5.75 Å². The summed E-state index contributed by atoms with van der Waals surface area (Å²) in [6, 6.07) is 13.2. The molecule has 9 nitrogen and oxygen atoms in total. The SMILES string of the molecule is COc1ccc(-c2nc(-c3ccc4c(c3)nnn4CCC(=O)N3CCCCC3)no2)cc1. The van der Waals surface area contributed by atoms with Gasteiger partial charge in [0.15, 0.2) is 0 Å². The molecule has 0 atom stereocenters. The monoisotopic (exact) mass is 432 g/mol. The van der Waals surface area contributed by atoms with Gasteiger partial charge in [0.1, 0.15) is 11.3 Å². The Bertz CT molecular complexity index is 1220. The van der Waals surface area contributed by atoms with Crippen LogP contribution in [0.4, 0.5) is 0 Å². The number of aryl methyl sites for hydroxylation is 1. The lowest BCUT2D eigenvalue weighted by atomic mass is 10.1. The minimum absolute atomic E-state index is 0.183. The van der Waals surface area contributed by atoms with Crippen LogP contribution in [0.3, 0.4) is 0 Å². The summed E-state index contributed by atoms with van der Waals surface area (Å²) in [5.74, 6) is 1.86. The first-order chi connectivity index (χ1) is 15.7. The molecule has 0 aliphatic carbocycles. The first-order valence-corrected chi connectivity index (χ1v) is 10.8. The highest BCUT2D eigenvalue weighted by Crippen LogP contribution is 2.26. The second-order valence-corrected chi connectivity index (χ2v) is 7.86. The fourth-order valence-electron chi connectivity index (χ4n) is 3.97. The van der Waals surface area contributed by atoms with E-state index in [1.807, 2.05) is 47.4 Å². The number of methoxy groups -OCH3 is 1. The number of nitrogens with zero attached hydrogens (tertiary/aromatic N) is 6. The molecule has 4 aromatic rings. The zero-order chi connectivity index (χ0) is 21.9. The fourth-order valence-corrected chi connectivity index (χ4v) is 3.97. The van der Waals surface area contributed by atoms with Crippen LogP contribution in [0.25, 0.3) is 33.9 Å². The maximum atomic E-state index is 12.5. The van der Waals surface area contributed by atoms with Gasteiger partial charge in [0, 0.05) is 30.6 Å². The number of piperidine rings is 1. The molecule has 0 spiro atoms. The van der Waals surface area contributed by atoms with Crippen molar-refractivity contribution >= 4 is 16.9 Å². The number of likely N-dealkylation sites (tertiary alicyclic amines) is 1. The summed E-state index contributed by atoms with van der Waals surface area (Å²) in [7, 11) is 1.62. The highest BCUT2D eigenvalue weighted by molar-refractivity contribution is 5.80. The van der Waals surface area contributed by atoms with E-state index in [4.69, 9.17) is 9.26 Å². The Kier molecular flexibility index (Phi) is 5.53. The molecule has 9 heteroatoms. The number of aromatic nitrogens is 5. The Morgan fingerprint density at radius 2 is 1.84 bits per heavy atom. The predicted molar refractivity (Wildman–Crippen MR) is 118 cm³/mol. The number of fused-ring (bicyclic) bond motifs is 1. The molecule has 0 unspecified atom stereocenters. The molecule has 32 heavy (non-hydrogen) atoms. The lowest BCUT2D eigenvalue weighted by Gasteiger charge is -2.26. The Labute approximate surface area is 185 Å². The number of carbonyl (C=O) groups excluding carboxylic acids is 1. The van der Waals surface area contributed by atoms with Crippen molar-refractivity contribution < 1.29 is 14.1 Å². The van der Waals surface area contributed by atoms with Crippen LogP contribution in [0.15, 0.2) is 47.0 Å². The molecule has 2 aromatic heterocycles. The molecule has 1 aliphatic heterocycles. The van der Waals surface area contributed by atoms with Gasteiger partial charge in [-0.1, -0.05) is 10.4 Å². The van der Waals surface area contributed by atoms with Gasteiger partial charge >= 0.3 is 0 Å². The number of benzene rings is 2. The van der Waals surface area contributed by atoms with E-state index in [0.717, 1.165) is 53.8 Å². The number of rotatable bonds is 6. The van der Waals surface area contributed by atoms with E-state index in [9.17, 15) is 4.79 Å². The van der Waals surface area contributed by atoms with Gasteiger partial charge in [-0.3, -0.25) is 4.79 Å². The molecule has 164 valence electrons. The van der Waals surface area contributed by atoms with E-state index in [1.54, 1.807) is 11.8 Å². The largest absolute Gasteiger partial charge is 0.497 e. The predicted octanol–water partition coefficient (Wildman–Crippen LogP) is 3.56. The molecule has 0 bridgehead atoms. The van der Waals surface area contributed by atoms with Crippen LogP contribution in [-0.4, -0.2) is 56.1 Å². The third-order valence-corrected chi connectivity index (χ3v) is 5.78. The van der Waals surface area contributed by atoms with Gasteiger partial charge in [-0.05, 0) is 61.7 Å². The van der Waals surface area contributed by atoms with Crippen molar-refractivity contribution in [3.05, 3.63) is 42.5 Å². The van der Waals surface area contributed by atoms with E-state index in [1.165, 1.54) is 6.42 Å². The molecule has 1 fully saturated rings. The first kappa shape index (κ1) is 20.2. The average molecular weight is 432 g/mol. The van der Waals surface area contributed by atoms with Gasteiger partial charge in [-0.25, -0.2) is 4.68 Å². The highest BCUT2D eigenvalue weighted by Gasteiger charge is 2.17. The van der Waals surface area contributed by atoms with Gasteiger partial charge < -0.3 is 14.2 Å². The van der Waals surface area contributed by atoms with Crippen LogP contribution in [-0.2, 0) is 11.3 Å². The molecule has 3 heterocycles.